The fraction of sp³-hybridized carbons (Fsp3) is 0.167. The molecule has 1 rings (SSSR count). The molecule has 1 aromatic heterocycles. The molecular weight excluding hydrogens is 118 g/mol. The molecule has 0 aliphatic rings. The van der Waals surface area contributed by atoms with Crippen LogP contribution in [0.25, 0.3) is 0 Å². The molecule has 0 fully saturated rings. The van der Waals surface area contributed by atoms with Gasteiger partial charge in [0.25, 0.3) is 5.88 Å². The minimum absolute atomic E-state index is 0.150. The van der Waals surface area contributed by atoms with Crippen molar-refractivity contribution in [2.45, 2.75) is 0 Å². The van der Waals surface area contributed by atoms with E-state index in [1.807, 2.05) is 0 Å². The predicted octanol–water partition coefficient (Wildman–Crippen LogP) is 1.23. The highest BCUT2D eigenvalue weighted by Gasteiger charge is 1.99. The molecule has 1 radical (unpaired) electrons. The molecule has 0 unspecified atom stereocenters. The van der Waals surface area contributed by atoms with Gasteiger partial charge in [0.15, 0.2) is 0 Å². The molecule has 1 heterocycles. The first-order valence-electron chi connectivity index (χ1n) is 2.50. The van der Waals surface area contributed by atoms with E-state index in [2.05, 4.69) is 9.72 Å². The zero-order valence-electron chi connectivity index (χ0n) is 5.00. The summed E-state index contributed by atoms with van der Waals surface area (Å²) in [5, 5.41) is 10.7. The van der Waals surface area contributed by atoms with Gasteiger partial charge in [-0.25, -0.2) is 4.98 Å². The molecule has 47 valence electrons. The average Bonchev–Trinajstić information content (AvgIpc) is 1.89. The normalized spacial score (nSPS) is 9.00. The Morgan fingerprint density at radius 3 is 2.89 bits per heavy atom. The standard InChI is InChI=1S/C6H6NO2/c1-9-6-5(8)3-2-4-7-6/h2-4H,1H3. The fourth-order valence-corrected chi connectivity index (χ4v) is 0.529. The van der Waals surface area contributed by atoms with E-state index < -0.39 is 0 Å². The van der Waals surface area contributed by atoms with Crippen molar-refractivity contribution in [1.29, 1.82) is 0 Å². The van der Waals surface area contributed by atoms with Crippen LogP contribution in [0.15, 0.2) is 18.3 Å². The number of hydrogen-bond donors (Lipinski definition) is 0. The third-order valence-electron chi connectivity index (χ3n) is 0.930. The van der Waals surface area contributed by atoms with Gasteiger partial charge in [-0.05, 0) is 12.1 Å². The number of aromatic nitrogens is 1. The number of methoxy groups -OCH3 is 1. The van der Waals surface area contributed by atoms with Gasteiger partial charge in [0.2, 0.25) is 5.75 Å². The first kappa shape index (κ1) is 5.88. The van der Waals surface area contributed by atoms with Crippen LogP contribution in [0, 0.1) is 0 Å². The highest BCUT2D eigenvalue weighted by molar-refractivity contribution is 5.29. The molecule has 0 spiro atoms. The van der Waals surface area contributed by atoms with E-state index in [4.69, 9.17) is 0 Å². The first-order valence-corrected chi connectivity index (χ1v) is 2.50. The van der Waals surface area contributed by atoms with E-state index >= 15 is 0 Å². The zero-order valence-corrected chi connectivity index (χ0v) is 5.00. The molecule has 0 amide bonds. The van der Waals surface area contributed by atoms with Crippen LogP contribution in [0.3, 0.4) is 0 Å². The van der Waals surface area contributed by atoms with Gasteiger partial charge in [-0.3, -0.25) is 5.11 Å². The van der Waals surface area contributed by atoms with Crippen molar-refractivity contribution in [1.82, 2.24) is 4.98 Å². The molecule has 0 bridgehead atoms. The lowest BCUT2D eigenvalue weighted by atomic mass is 10.4. The van der Waals surface area contributed by atoms with Gasteiger partial charge in [0.1, 0.15) is 0 Å². The Balaban J connectivity index is 3.01. The Labute approximate surface area is 52.9 Å². The van der Waals surface area contributed by atoms with E-state index in [1.165, 1.54) is 19.4 Å². The molecule has 1 aromatic rings. The highest BCUT2D eigenvalue weighted by atomic mass is 16.5. The summed E-state index contributed by atoms with van der Waals surface area (Å²) in [4.78, 5) is 3.66. The van der Waals surface area contributed by atoms with E-state index in [0.29, 0.717) is 0 Å². The zero-order chi connectivity index (χ0) is 6.69. The summed E-state index contributed by atoms with van der Waals surface area (Å²) in [6.07, 6.45) is 1.51. The molecule has 0 saturated heterocycles. The SMILES string of the molecule is COc1ncccc1[O]. The third kappa shape index (κ3) is 1.10. The van der Waals surface area contributed by atoms with E-state index in [9.17, 15) is 5.11 Å². The third-order valence-corrected chi connectivity index (χ3v) is 0.930. The van der Waals surface area contributed by atoms with Gasteiger partial charge < -0.3 is 4.74 Å². The van der Waals surface area contributed by atoms with Crippen molar-refractivity contribution < 1.29 is 9.84 Å². The minimum Gasteiger partial charge on any atom is -0.478 e. The predicted molar refractivity (Wildman–Crippen MR) is 30.9 cm³/mol. The Bertz CT molecular complexity index is 200. The minimum atomic E-state index is -0.181. The van der Waals surface area contributed by atoms with Gasteiger partial charge in [-0.2, -0.15) is 0 Å². The summed E-state index contributed by atoms with van der Waals surface area (Å²) < 4.78 is 4.62. The van der Waals surface area contributed by atoms with E-state index in [0.717, 1.165) is 0 Å². The van der Waals surface area contributed by atoms with Gasteiger partial charge in [-0.15, -0.1) is 0 Å². The molecule has 3 heteroatoms. The summed E-state index contributed by atoms with van der Waals surface area (Å²) >= 11 is 0. The van der Waals surface area contributed by atoms with Crippen LogP contribution in [0.5, 0.6) is 11.6 Å². The Morgan fingerprint density at radius 2 is 2.44 bits per heavy atom. The summed E-state index contributed by atoms with van der Waals surface area (Å²) in [6, 6.07) is 2.98. The Morgan fingerprint density at radius 1 is 1.67 bits per heavy atom. The Kier molecular flexibility index (Phi) is 1.53. The molecule has 0 saturated carbocycles. The van der Waals surface area contributed by atoms with Crippen LogP contribution in [0.1, 0.15) is 0 Å². The van der Waals surface area contributed by atoms with Crippen LogP contribution in [0.2, 0.25) is 0 Å². The van der Waals surface area contributed by atoms with Crippen LogP contribution in [-0.2, 0) is 5.11 Å². The maximum absolute atomic E-state index is 10.7. The molecule has 0 atom stereocenters. The molecular formula is C6H6NO2. The number of hydrogen-bond acceptors (Lipinski definition) is 2. The van der Waals surface area contributed by atoms with Crippen LogP contribution in [0.4, 0.5) is 0 Å². The quantitative estimate of drug-likeness (QED) is 0.565. The fourth-order valence-electron chi connectivity index (χ4n) is 0.529. The summed E-state index contributed by atoms with van der Waals surface area (Å²) in [6.45, 7) is 0. The van der Waals surface area contributed by atoms with Crippen LogP contribution >= 0.6 is 0 Å². The topological polar surface area (TPSA) is 42.0 Å². The Hall–Kier alpha value is -1.25. The van der Waals surface area contributed by atoms with Crippen LogP contribution in [-0.4, -0.2) is 12.1 Å². The van der Waals surface area contributed by atoms with Crippen molar-refractivity contribution in [2.75, 3.05) is 7.11 Å². The van der Waals surface area contributed by atoms with E-state index in [-0.39, 0.29) is 11.6 Å². The molecule has 3 nitrogen and oxygen atoms in total. The number of pyridine rings is 1. The maximum atomic E-state index is 10.7. The highest BCUT2D eigenvalue weighted by Crippen LogP contribution is 2.20. The van der Waals surface area contributed by atoms with Gasteiger partial charge in [-0.1, -0.05) is 0 Å². The second-order valence-electron chi connectivity index (χ2n) is 1.51. The second kappa shape index (κ2) is 2.35. The first-order chi connectivity index (χ1) is 4.34. The van der Waals surface area contributed by atoms with Gasteiger partial charge in [0.05, 0.1) is 7.11 Å². The van der Waals surface area contributed by atoms with Crippen LogP contribution < -0.4 is 4.74 Å². The molecule has 0 aliphatic carbocycles. The summed E-state index contributed by atoms with van der Waals surface area (Å²) in [7, 11) is 1.42. The largest absolute Gasteiger partial charge is 0.478 e. The summed E-state index contributed by atoms with van der Waals surface area (Å²) in [5.41, 5.74) is 0. The number of ether oxygens (including phenoxy) is 1. The monoisotopic (exact) mass is 124 g/mol. The molecule has 0 aliphatic heterocycles. The summed E-state index contributed by atoms with van der Waals surface area (Å²) in [5.74, 6) is -0.0301. The lowest BCUT2D eigenvalue weighted by Crippen LogP contribution is -1.84. The maximum Gasteiger partial charge on any atom is 0.262 e. The average molecular weight is 124 g/mol. The van der Waals surface area contributed by atoms with Gasteiger partial charge >= 0.3 is 0 Å². The lowest BCUT2D eigenvalue weighted by Gasteiger charge is -1.95. The molecule has 0 aromatic carbocycles. The lowest BCUT2D eigenvalue weighted by molar-refractivity contribution is 0.307. The van der Waals surface area contributed by atoms with Crippen molar-refractivity contribution in [3.63, 3.8) is 0 Å². The molecule has 0 N–H and O–H groups in total. The van der Waals surface area contributed by atoms with Gasteiger partial charge in [0, 0.05) is 6.20 Å². The van der Waals surface area contributed by atoms with Crippen molar-refractivity contribution >= 4 is 0 Å². The van der Waals surface area contributed by atoms with Crippen molar-refractivity contribution in [3.8, 4) is 11.6 Å². The van der Waals surface area contributed by atoms with E-state index in [1.54, 1.807) is 6.07 Å². The van der Waals surface area contributed by atoms with Crippen molar-refractivity contribution in [3.05, 3.63) is 18.3 Å². The van der Waals surface area contributed by atoms with Crippen molar-refractivity contribution in [2.24, 2.45) is 0 Å². The number of nitrogens with zero attached hydrogens (tertiary/aromatic N) is 1. The smallest absolute Gasteiger partial charge is 0.262 e. The second-order valence-corrected chi connectivity index (χ2v) is 1.51. The number of rotatable bonds is 1. The molecule has 9 heavy (non-hydrogen) atoms.